The number of hydrogen-bond donors (Lipinski definition) is 1. The lowest BCUT2D eigenvalue weighted by Gasteiger charge is -2.28. The maximum atomic E-state index is 14.0. The average molecular weight is 330 g/mol. The van der Waals surface area contributed by atoms with Gasteiger partial charge in [-0.2, -0.15) is 0 Å². The minimum absolute atomic E-state index is 0.311. The van der Waals surface area contributed by atoms with Crippen molar-refractivity contribution in [1.29, 1.82) is 0 Å². The minimum Gasteiger partial charge on any atom is -0.385 e. The normalized spacial score (nSPS) is 25.3. The zero-order valence-corrected chi connectivity index (χ0v) is 12.9. The van der Waals surface area contributed by atoms with Crippen LogP contribution in [0.5, 0.6) is 0 Å². The molecule has 0 saturated carbocycles. The van der Waals surface area contributed by atoms with Gasteiger partial charge in [-0.15, -0.1) is 0 Å². The first-order valence-electron chi connectivity index (χ1n) is 6.95. The van der Waals surface area contributed by atoms with E-state index in [1.54, 1.807) is 12.1 Å². The molecule has 0 spiro atoms. The lowest BCUT2D eigenvalue weighted by atomic mass is 9.86. The summed E-state index contributed by atoms with van der Waals surface area (Å²) < 4.78 is 14.8. The minimum atomic E-state index is -1.03. The molecular weight excluding hydrogens is 309 g/mol. The zero-order valence-electron chi connectivity index (χ0n) is 11.3. The van der Waals surface area contributed by atoms with Crippen LogP contribution >= 0.6 is 15.9 Å². The van der Waals surface area contributed by atoms with Crippen LogP contribution < -0.4 is 0 Å². The molecule has 0 bridgehead atoms. The second-order valence-electron chi connectivity index (χ2n) is 5.35. The second kappa shape index (κ2) is 6.33. The number of halogens is 2. The molecule has 2 nitrogen and oxygen atoms in total. The highest BCUT2D eigenvalue weighted by Crippen LogP contribution is 2.35. The molecule has 1 fully saturated rings. The number of aliphatic hydroxyl groups is 1. The van der Waals surface area contributed by atoms with Crippen molar-refractivity contribution in [1.82, 2.24) is 4.90 Å². The summed E-state index contributed by atoms with van der Waals surface area (Å²) in [7, 11) is 0. The van der Waals surface area contributed by atoms with Crippen LogP contribution in [0.4, 0.5) is 4.39 Å². The molecule has 0 aromatic heterocycles. The van der Waals surface area contributed by atoms with Gasteiger partial charge in [-0.05, 0) is 57.0 Å². The third kappa shape index (κ3) is 3.56. The summed E-state index contributed by atoms with van der Waals surface area (Å²) >= 11 is 3.36. The highest BCUT2D eigenvalue weighted by Gasteiger charge is 2.34. The molecule has 1 heterocycles. The van der Waals surface area contributed by atoms with Gasteiger partial charge in [-0.1, -0.05) is 22.9 Å². The number of benzene rings is 1. The van der Waals surface area contributed by atoms with Gasteiger partial charge in [0.05, 0.1) is 5.60 Å². The van der Waals surface area contributed by atoms with Crippen molar-refractivity contribution in [3.8, 4) is 0 Å². The summed E-state index contributed by atoms with van der Waals surface area (Å²) in [5.41, 5.74) is -0.601. The van der Waals surface area contributed by atoms with E-state index in [2.05, 4.69) is 27.8 Å². The third-order valence-corrected chi connectivity index (χ3v) is 4.37. The van der Waals surface area contributed by atoms with Crippen LogP contribution in [0.2, 0.25) is 0 Å². The van der Waals surface area contributed by atoms with Crippen LogP contribution in [0.25, 0.3) is 0 Å². The molecule has 1 saturated heterocycles. The lowest BCUT2D eigenvalue weighted by Crippen LogP contribution is -2.30. The van der Waals surface area contributed by atoms with Gasteiger partial charge in [0, 0.05) is 16.6 Å². The molecule has 1 aromatic carbocycles. The van der Waals surface area contributed by atoms with Crippen molar-refractivity contribution >= 4 is 15.9 Å². The van der Waals surface area contributed by atoms with Crippen LogP contribution in [-0.4, -0.2) is 29.6 Å². The SMILES string of the molecule is CCCN1CCCC(O)(c2cc(Br)ccc2F)CC1. The Bertz CT molecular complexity index is 440. The molecule has 4 heteroatoms. The number of rotatable bonds is 3. The molecule has 1 aliphatic heterocycles. The van der Waals surface area contributed by atoms with Gasteiger partial charge in [0.25, 0.3) is 0 Å². The third-order valence-electron chi connectivity index (χ3n) is 3.88. The summed E-state index contributed by atoms with van der Waals surface area (Å²) in [6.07, 6.45) is 3.24. The Kier molecular flexibility index (Phi) is 4.98. The Morgan fingerprint density at radius 3 is 2.89 bits per heavy atom. The average Bonchev–Trinajstić information content (AvgIpc) is 2.56. The first kappa shape index (κ1) is 14.9. The largest absolute Gasteiger partial charge is 0.385 e. The Hall–Kier alpha value is -0.450. The van der Waals surface area contributed by atoms with E-state index in [0.717, 1.165) is 36.9 Å². The summed E-state index contributed by atoms with van der Waals surface area (Å²) in [5, 5.41) is 10.8. The van der Waals surface area contributed by atoms with Crippen LogP contribution in [0, 0.1) is 5.82 Å². The van der Waals surface area contributed by atoms with Gasteiger partial charge < -0.3 is 10.0 Å². The van der Waals surface area contributed by atoms with E-state index < -0.39 is 5.60 Å². The van der Waals surface area contributed by atoms with Crippen LogP contribution in [0.15, 0.2) is 22.7 Å². The van der Waals surface area contributed by atoms with E-state index in [9.17, 15) is 9.50 Å². The molecule has 1 N–H and O–H groups in total. The fourth-order valence-electron chi connectivity index (χ4n) is 2.84. The molecular formula is C15H21BrFNO. The van der Waals surface area contributed by atoms with Crippen molar-refractivity contribution < 1.29 is 9.50 Å². The molecule has 0 radical (unpaired) electrons. The quantitative estimate of drug-likeness (QED) is 0.914. The number of likely N-dealkylation sites (tertiary alicyclic amines) is 1. The van der Waals surface area contributed by atoms with E-state index in [4.69, 9.17) is 0 Å². The van der Waals surface area contributed by atoms with Gasteiger partial charge in [-0.3, -0.25) is 0 Å². The Balaban J connectivity index is 2.20. The number of hydrogen-bond acceptors (Lipinski definition) is 2. The zero-order chi connectivity index (χ0) is 13.9. The Morgan fingerprint density at radius 1 is 1.37 bits per heavy atom. The Labute approximate surface area is 122 Å². The van der Waals surface area contributed by atoms with Crippen LogP contribution in [-0.2, 0) is 5.60 Å². The molecule has 0 amide bonds. The standard InChI is InChI=1S/C15H21BrFNO/c1-2-8-18-9-3-6-15(19,7-10-18)13-11-12(16)4-5-14(13)17/h4-5,11,19H,2-3,6-10H2,1H3. The van der Waals surface area contributed by atoms with E-state index >= 15 is 0 Å². The summed E-state index contributed by atoms with van der Waals surface area (Å²) in [5.74, 6) is -0.311. The van der Waals surface area contributed by atoms with Crippen molar-refractivity contribution in [2.24, 2.45) is 0 Å². The highest BCUT2D eigenvalue weighted by molar-refractivity contribution is 9.10. The van der Waals surface area contributed by atoms with Crippen LogP contribution in [0.1, 0.15) is 38.2 Å². The molecule has 106 valence electrons. The predicted molar refractivity (Wildman–Crippen MR) is 78.6 cm³/mol. The van der Waals surface area contributed by atoms with E-state index in [1.165, 1.54) is 6.07 Å². The summed E-state index contributed by atoms with van der Waals surface area (Å²) in [6, 6.07) is 4.80. The molecule has 2 rings (SSSR count). The Morgan fingerprint density at radius 2 is 2.16 bits per heavy atom. The summed E-state index contributed by atoms with van der Waals surface area (Å²) in [4.78, 5) is 2.36. The van der Waals surface area contributed by atoms with E-state index in [0.29, 0.717) is 18.4 Å². The fraction of sp³-hybridized carbons (Fsp3) is 0.600. The van der Waals surface area contributed by atoms with E-state index in [-0.39, 0.29) is 5.82 Å². The first-order chi connectivity index (χ1) is 9.05. The molecule has 1 aromatic rings. The molecule has 19 heavy (non-hydrogen) atoms. The number of nitrogens with zero attached hydrogens (tertiary/aromatic N) is 1. The predicted octanol–water partition coefficient (Wildman–Crippen LogP) is 3.67. The molecule has 1 unspecified atom stereocenters. The molecule has 1 atom stereocenters. The van der Waals surface area contributed by atoms with Crippen LogP contribution in [0.3, 0.4) is 0 Å². The maximum absolute atomic E-state index is 14.0. The smallest absolute Gasteiger partial charge is 0.129 e. The highest BCUT2D eigenvalue weighted by atomic mass is 79.9. The summed E-state index contributed by atoms with van der Waals surface area (Å²) in [6.45, 7) is 5.03. The van der Waals surface area contributed by atoms with Gasteiger partial charge in [0.15, 0.2) is 0 Å². The molecule has 1 aliphatic rings. The fourth-order valence-corrected chi connectivity index (χ4v) is 3.20. The van der Waals surface area contributed by atoms with Crippen molar-refractivity contribution in [3.63, 3.8) is 0 Å². The van der Waals surface area contributed by atoms with Crippen molar-refractivity contribution in [2.45, 2.75) is 38.2 Å². The van der Waals surface area contributed by atoms with Gasteiger partial charge in [0.1, 0.15) is 5.82 Å². The van der Waals surface area contributed by atoms with Gasteiger partial charge >= 0.3 is 0 Å². The van der Waals surface area contributed by atoms with E-state index in [1.807, 2.05) is 0 Å². The van der Waals surface area contributed by atoms with Gasteiger partial charge in [-0.25, -0.2) is 4.39 Å². The van der Waals surface area contributed by atoms with Crippen molar-refractivity contribution in [2.75, 3.05) is 19.6 Å². The van der Waals surface area contributed by atoms with Gasteiger partial charge in [0.2, 0.25) is 0 Å². The lowest BCUT2D eigenvalue weighted by molar-refractivity contribution is 0.0178. The second-order valence-corrected chi connectivity index (χ2v) is 6.27. The monoisotopic (exact) mass is 329 g/mol. The van der Waals surface area contributed by atoms with Crippen molar-refractivity contribution in [3.05, 3.63) is 34.1 Å². The topological polar surface area (TPSA) is 23.5 Å². The maximum Gasteiger partial charge on any atom is 0.129 e. The first-order valence-corrected chi connectivity index (χ1v) is 7.75. The molecule has 0 aliphatic carbocycles.